The third-order valence-corrected chi connectivity index (χ3v) is 4.40. The molecule has 0 aliphatic carbocycles. The van der Waals surface area contributed by atoms with Crippen LogP contribution in [0, 0.1) is 0 Å². The topological polar surface area (TPSA) is 44.4 Å². The van der Waals surface area contributed by atoms with Crippen LogP contribution in [0.4, 0.5) is 17.1 Å². The van der Waals surface area contributed by atoms with Crippen LogP contribution in [0.3, 0.4) is 0 Å². The number of para-hydroxylation sites is 1. The number of aryl methyl sites for hydroxylation is 2. The van der Waals surface area contributed by atoms with Gasteiger partial charge in [0, 0.05) is 22.6 Å². The minimum Gasteiger partial charge on any atom is -0.358 e. The molecule has 0 radical (unpaired) electrons. The van der Waals surface area contributed by atoms with Crippen molar-refractivity contribution in [1.29, 1.82) is 0 Å². The van der Waals surface area contributed by atoms with Gasteiger partial charge < -0.3 is 10.6 Å². The van der Waals surface area contributed by atoms with Crippen LogP contribution in [0.15, 0.2) is 42.5 Å². The minimum absolute atomic E-state index is 0.107. The molecule has 0 atom stereocenters. The van der Waals surface area contributed by atoms with Gasteiger partial charge in [-0.15, -0.1) is 0 Å². The summed E-state index contributed by atoms with van der Waals surface area (Å²) in [6.07, 6.45) is 2.54. The Hall–Kier alpha value is -2.40. The van der Waals surface area contributed by atoms with Gasteiger partial charge in [0.25, 0.3) is 0 Å². The zero-order chi connectivity index (χ0) is 20.0. The molecule has 0 aliphatic rings. The van der Waals surface area contributed by atoms with Crippen molar-refractivity contribution in [2.45, 2.75) is 53.0 Å². The highest BCUT2D eigenvalue weighted by molar-refractivity contribution is 7.80. The Bertz CT molecular complexity index is 772. The summed E-state index contributed by atoms with van der Waals surface area (Å²) in [6, 6.07) is 13.8. The summed E-state index contributed by atoms with van der Waals surface area (Å²) in [6.45, 7) is 10.4. The number of hydrogen-bond donors (Lipinski definition) is 2. The van der Waals surface area contributed by atoms with Crippen LogP contribution in [0.25, 0.3) is 0 Å². The molecule has 0 fully saturated rings. The van der Waals surface area contributed by atoms with E-state index < -0.39 is 0 Å². The first-order valence-corrected chi connectivity index (χ1v) is 9.74. The van der Waals surface area contributed by atoms with Gasteiger partial charge in [-0.05, 0) is 81.2 Å². The van der Waals surface area contributed by atoms with Gasteiger partial charge >= 0.3 is 0 Å². The fraction of sp³-hybridized carbons (Fsp3) is 0.364. The second-order valence-electron chi connectivity index (χ2n) is 7.49. The average molecular weight is 384 g/mol. The van der Waals surface area contributed by atoms with Gasteiger partial charge in [-0.3, -0.25) is 9.69 Å². The molecule has 0 saturated heterocycles. The van der Waals surface area contributed by atoms with E-state index in [9.17, 15) is 4.79 Å². The van der Waals surface area contributed by atoms with Crippen LogP contribution in [-0.2, 0) is 17.6 Å². The molecule has 0 saturated carbocycles. The highest BCUT2D eigenvalue weighted by atomic mass is 32.1. The predicted octanol–water partition coefficient (Wildman–Crippen LogP) is 5.19. The number of nitrogens with zero attached hydrogens (tertiary/aromatic N) is 1. The van der Waals surface area contributed by atoms with E-state index in [0.717, 1.165) is 47.4 Å². The molecule has 2 rings (SSSR count). The Balaban J connectivity index is 2.43. The number of benzene rings is 2. The van der Waals surface area contributed by atoms with Crippen LogP contribution >= 0.6 is 12.2 Å². The average Bonchev–Trinajstić information content (AvgIpc) is 2.62. The number of hydrogen-bond acceptors (Lipinski definition) is 2. The summed E-state index contributed by atoms with van der Waals surface area (Å²) in [5.74, 6) is 0. The van der Waals surface area contributed by atoms with Gasteiger partial charge in [-0.1, -0.05) is 32.0 Å². The van der Waals surface area contributed by atoms with E-state index in [1.165, 1.54) is 0 Å². The van der Waals surface area contributed by atoms with Gasteiger partial charge in [-0.2, -0.15) is 0 Å². The van der Waals surface area contributed by atoms with Gasteiger partial charge in [0.1, 0.15) is 0 Å². The van der Waals surface area contributed by atoms with Crippen molar-refractivity contribution in [3.63, 3.8) is 0 Å². The van der Waals surface area contributed by atoms with Crippen LogP contribution in [-0.4, -0.2) is 17.1 Å². The summed E-state index contributed by atoms with van der Waals surface area (Å²) in [5.41, 5.74) is 4.90. The number of thiocarbonyl (C=S) groups is 1. The largest absolute Gasteiger partial charge is 0.358 e. The molecule has 0 aliphatic heterocycles. The van der Waals surface area contributed by atoms with Crippen molar-refractivity contribution in [2.24, 2.45) is 0 Å². The number of nitrogens with one attached hydrogen (secondary N) is 2. The van der Waals surface area contributed by atoms with Crippen LogP contribution < -0.4 is 15.5 Å². The number of carbonyl (C=O) groups is 1. The molecule has 0 unspecified atom stereocenters. The molecule has 0 spiro atoms. The van der Waals surface area contributed by atoms with E-state index >= 15 is 0 Å². The lowest BCUT2D eigenvalue weighted by Gasteiger charge is -2.26. The highest BCUT2D eigenvalue weighted by Gasteiger charge is 2.17. The summed E-state index contributed by atoms with van der Waals surface area (Å²) in [7, 11) is 0. The van der Waals surface area contributed by atoms with E-state index in [4.69, 9.17) is 12.2 Å². The Morgan fingerprint density at radius 1 is 1.04 bits per heavy atom. The molecular weight excluding hydrogens is 354 g/mol. The lowest BCUT2D eigenvalue weighted by Crippen LogP contribution is -2.43. The lowest BCUT2D eigenvalue weighted by molar-refractivity contribution is -0.106. The SMILES string of the molecule is CCc1cc(N(C=O)c2ccccc2)cc(CC)c1NC(=S)NC(C)(C)C. The third kappa shape index (κ3) is 5.54. The van der Waals surface area contributed by atoms with Crippen LogP contribution in [0.1, 0.15) is 45.7 Å². The zero-order valence-electron chi connectivity index (χ0n) is 16.8. The van der Waals surface area contributed by atoms with Crippen LogP contribution in [0.5, 0.6) is 0 Å². The van der Waals surface area contributed by atoms with Gasteiger partial charge in [-0.25, -0.2) is 0 Å². The Labute approximate surface area is 168 Å². The van der Waals surface area contributed by atoms with Crippen molar-refractivity contribution in [3.05, 3.63) is 53.6 Å². The Kier molecular flexibility index (Phi) is 6.97. The summed E-state index contributed by atoms with van der Waals surface area (Å²) in [4.78, 5) is 13.5. The Morgan fingerprint density at radius 3 is 2.04 bits per heavy atom. The fourth-order valence-electron chi connectivity index (χ4n) is 2.95. The maximum atomic E-state index is 11.8. The van der Waals surface area contributed by atoms with E-state index in [1.54, 1.807) is 4.90 Å². The monoisotopic (exact) mass is 383 g/mol. The molecule has 4 nitrogen and oxygen atoms in total. The molecule has 27 heavy (non-hydrogen) atoms. The highest BCUT2D eigenvalue weighted by Crippen LogP contribution is 2.32. The molecule has 144 valence electrons. The molecule has 0 heterocycles. The minimum atomic E-state index is -0.107. The molecule has 2 N–H and O–H groups in total. The van der Waals surface area contributed by atoms with Crippen LogP contribution in [0.2, 0.25) is 0 Å². The van der Waals surface area contributed by atoms with E-state index in [2.05, 4.69) is 57.4 Å². The summed E-state index contributed by atoms with van der Waals surface area (Å²) < 4.78 is 0. The van der Waals surface area contributed by atoms with E-state index in [-0.39, 0.29) is 5.54 Å². The van der Waals surface area contributed by atoms with Crippen molar-refractivity contribution in [1.82, 2.24) is 5.32 Å². The maximum Gasteiger partial charge on any atom is 0.218 e. The molecule has 0 bridgehead atoms. The number of anilines is 3. The van der Waals surface area contributed by atoms with Gasteiger partial charge in [0.05, 0.1) is 0 Å². The number of rotatable bonds is 6. The van der Waals surface area contributed by atoms with Crippen molar-refractivity contribution < 1.29 is 4.79 Å². The number of amides is 1. The maximum absolute atomic E-state index is 11.8. The molecule has 1 amide bonds. The Morgan fingerprint density at radius 2 is 1.59 bits per heavy atom. The molecule has 0 aromatic heterocycles. The first-order chi connectivity index (χ1) is 12.8. The lowest BCUT2D eigenvalue weighted by atomic mass is 10.0. The smallest absolute Gasteiger partial charge is 0.218 e. The molecule has 2 aromatic rings. The quantitative estimate of drug-likeness (QED) is 0.532. The molecular formula is C22H29N3OS. The standard InChI is InChI=1S/C22H29N3OS/c1-6-16-13-19(25(15-26)18-11-9-8-10-12-18)14-17(7-2)20(16)23-21(27)24-22(3,4)5/h8-15H,6-7H2,1-5H3,(H2,23,24,27). The van der Waals surface area contributed by atoms with Gasteiger partial charge in [0.2, 0.25) is 6.41 Å². The molecule has 2 aromatic carbocycles. The summed E-state index contributed by atoms with van der Waals surface area (Å²) >= 11 is 5.49. The zero-order valence-corrected chi connectivity index (χ0v) is 17.6. The molecule has 5 heteroatoms. The van der Waals surface area contributed by atoms with E-state index in [1.807, 2.05) is 30.3 Å². The van der Waals surface area contributed by atoms with Crippen molar-refractivity contribution >= 4 is 40.8 Å². The van der Waals surface area contributed by atoms with Crippen molar-refractivity contribution in [2.75, 3.05) is 10.2 Å². The van der Waals surface area contributed by atoms with Gasteiger partial charge in [0.15, 0.2) is 5.11 Å². The second-order valence-corrected chi connectivity index (χ2v) is 7.89. The van der Waals surface area contributed by atoms with Crippen molar-refractivity contribution in [3.8, 4) is 0 Å². The first kappa shape index (κ1) is 20.9. The fourth-order valence-corrected chi connectivity index (χ4v) is 3.36. The third-order valence-electron chi connectivity index (χ3n) is 4.19. The number of carbonyl (C=O) groups excluding carboxylic acids is 1. The first-order valence-electron chi connectivity index (χ1n) is 9.33. The second kappa shape index (κ2) is 9.00. The van der Waals surface area contributed by atoms with E-state index in [0.29, 0.717) is 5.11 Å². The normalized spacial score (nSPS) is 11.0. The predicted molar refractivity (Wildman–Crippen MR) is 119 cm³/mol. The summed E-state index contributed by atoms with van der Waals surface area (Å²) in [5, 5.41) is 7.28.